The lowest BCUT2D eigenvalue weighted by molar-refractivity contribution is -0.138. The zero-order valence-electron chi connectivity index (χ0n) is 10.6. The third kappa shape index (κ3) is 6.06. The molecule has 0 aliphatic rings. The summed E-state index contributed by atoms with van der Waals surface area (Å²) >= 11 is 5.94. The molecule has 0 heterocycles. The van der Waals surface area contributed by atoms with E-state index in [0.717, 1.165) is 5.56 Å². The third-order valence-corrected chi connectivity index (χ3v) is 2.81. The van der Waals surface area contributed by atoms with E-state index in [0.29, 0.717) is 11.6 Å². The van der Waals surface area contributed by atoms with Crippen LogP contribution >= 0.6 is 11.6 Å². The predicted octanol–water partition coefficient (Wildman–Crippen LogP) is 2.58. The van der Waals surface area contributed by atoms with Gasteiger partial charge < -0.3 is 10.4 Å². The molecule has 102 valence electrons. The van der Waals surface area contributed by atoms with Crippen LogP contribution in [0.2, 0.25) is 5.02 Å². The number of carbonyl (C=O) groups is 2. The van der Waals surface area contributed by atoms with E-state index in [2.05, 4.69) is 5.32 Å². The number of nitrogens with one attached hydrogen (secondary N) is 1. The number of carbonyl (C=O) groups excluding carboxylic acids is 1. The Balaban J connectivity index is 2.43. The molecule has 1 unspecified atom stereocenters. The Kier molecular flexibility index (Phi) is 6.09. The van der Waals surface area contributed by atoms with Crippen LogP contribution in [0.1, 0.15) is 18.9 Å². The molecule has 1 rings (SSSR count). The average Bonchev–Trinajstić information content (AvgIpc) is 2.34. The molecule has 0 spiro atoms. The molecule has 0 saturated heterocycles. The molecule has 1 aromatic rings. The van der Waals surface area contributed by atoms with E-state index in [1.165, 1.54) is 6.08 Å². The molecular formula is C14H16ClNO3. The molecule has 0 saturated carbocycles. The molecule has 0 fully saturated rings. The standard InChI is InChI=1S/C14H16ClNO3/c1-10(8-14(18)19)9-16-13(17)7-6-11-4-2-3-5-12(11)15/h2-7,10H,8-9H2,1H3,(H,16,17)(H,18,19)/b7-6+. The number of aliphatic carboxylic acids is 1. The minimum atomic E-state index is -0.867. The fraction of sp³-hybridized carbons (Fsp3) is 0.286. The molecule has 0 aromatic heterocycles. The van der Waals surface area contributed by atoms with E-state index in [1.54, 1.807) is 25.1 Å². The van der Waals surface area contributed by atoms with Crippen LogP contribution in [-0.4, -0.2) is 23.5 Å². The van der Waals surface area contributed by atoms with Crippen molar-refractivity contribution in [2.24, 2.45) is 5.92 Å². The van der Waals surface area contributed by atoms with Gasteiger partial charge in [0.25, 0.3) is 0 Å². The number of carboxylic acid groups (broad SMARTS) is 1. The Morgan fingerprint density at radius 1 is 1.42 bits per heavy atom. The summed E-state index contributed by atoms with van der Waals surface area (Å²) in [7, 11) is 0. The number of carboxylic acids is 1. The zero-order valence-corrected chi connectivity index (χ0v) is 11.4. The lowest BCUT2D eigenvalue weighted by Crippen LogP contribution is -2.27. The maximum atomic E-state index is 11.5. The highest BCUT2D eigenvalue weighted by Crippen LogP contribution is 2.15. The van der Waals surface area contributed by atoms with Crippen LogP contribution < -0.4 is 5.32 Å². The van der Waals surface area contributed by atoms with E-state index in [1.807, 2.05) is 12.1 Å². The lowest BCUT2D eigenvalue weighted by atomic mass is 10.1. The van der Waals surface area contributed by atoms with Crippen LogP contribution in [0, 0.1) is 5.92 Å². The number of hydrogen-bond acceptors (Lipinski definition) is 2. The van der Waals surface area contributed by atoms with Crippen LogP contribution in [0.25, 0.3) is 6.08 Å². The summed E-state index contributed by atoms with van der Waals surface area (Å²) in [5, 5.41) is 11.8. The normalized spacial score (nSPS) is 12.3. The fourth-order valence-corrected chi connectivity index (χ4v) is 1.68. The highest BCUT2D eigenvalue weighted by Gasteiger charge is 2.08. The second kappa shape index (κ2) is 7.59. The Bertz CT molecular complexity index is 485. The van der Waals surface area contributed by atoms with E-state index >= 15 is 0 Å². The van der Waals surface area contributed by atoms with Crippen LogP contribution in [0.3, 0.4) is 0 Å². The van der Waals surface area contributed by atoms with Crippen molar-refractivity contribution in [3.8, 4) is 0 Å². The van der Waals surface area contributed by atoms with Gasteiger partial charge in [0.1, 0.15) is 0 Å². The van der Waals surface area contributed by atoms with Gasteiger partial charge in [-0.15, -0.1) is 0 Å². The number of amides is 1. The second-order valence-corrected chi connectivity index (χ2v) is 4.71. The minimum Gasteiger partial charge on any atom is -0.481 e. The summed E-state index contributed by atoms with van der Waals surface area (Å²) in [6.07, 6.45) is 3.04. The maximum Gasteiger partial charge on any atom is 0.303 e. The van der Waals surface area contributed by atoms with E-state index < -0.39 is 5.97 Å². The van der Waals surface area contributed by atoms with Crippen LogP contribution in [0.5, 0.6) is 0 Å². The molecule has 0 radical (unpaired) electrons. The van der Waals surface area contributed by atoms with Crippen LogP contribution in [-0.2, 0) is 9.59 Å². The van der Waals surface area contributed by atoms with Crippen molar-refractivity contribution in [3.63, 3.8) is 0 Å². The Morgan fingerprint density at radius 3 is 2.74 bits per heavy atom. The quantitative estimate of drug-likeness (QED) is 0.788. The molecule has 1 atom stereocenters. The van der Waals surface area contributed by atoms with Crippen LogP contribution in [0.15, 0.2) is 30.3 Å². The molecule has 2 N–H and O–H groups in total. The number of benzene rings is 1. The molecular weight excluding hydrogens is 266 g/mol. The minimum absolute atomic E-state index is 0.0362. The Hall–Kier alpha value is -1.81. The zero-order chi connectivity index (χ0) is 14.3. The molecule has 4 nitrogen and oxygen atoms in total. The summed E-state index contributed by atoms with van der Waals surface area (Å²) in [5.74, 6) is -1.24. The SMILES string of the molecule is CC(CNC(=O)/C=C/c1ccccc1Cl)CC(=O)O. The van der Waals surface area contributed by atoms with Gasteiger partial charge in [-0.25, -0.2) is 0 Å². The van der Waals surface area contributed by atoms with Crippen molar-refractivity contribution >= 4 is 29.6 Å². The van der Waals surface area contributed by atoms with Crippen molar-refractivity contribution in [2.75, 3.05) is 6.54 Å². The number of halogens is 1. The van der Waals surface area contributed by atoms with Crippen LogP contribution in [0.4, 0.5) is 0 Å². The van der Waals surface area contributed by atoms with Gasteiger partial charge in [-0.1, -0.05) is 36.7 Å². The number of rotatable bonds is 6. The largest absolute Gasteiger partial charge is 0.481 e. The highest BCUT2D eigenvalue weighted by atomic mass is 35.5. The van der Waals surface area contributed by atoms with Gasteiger partial charge in [-0.3, -0.25) is 9.59 Å². The van der Waals surface area contributed by atoms with Crippen molar-refractivity contribution in [1.29, 1.82) is 0 Å². The smallest absolute Gasteiger partial charge is 0.303 e. The van der Waals surface area contributed by atoms with Crippen molar-refractivity contribution in [2.45, 2.75) is 13.3 Å². The van der Waals surface area contributed by atoms with E-state index in [-0.39, 0.29) is 18.2 Å². The molecule has 0 aliphatic heterocycles. The van der Waals surface area contributed by atoms with Gasteiger partial charge >= 0.3 is 5.97 Å². The predicted molar refractivity (Wildman–Crippen MR) is 74.9 cm³/mol. The molecule has 1 aromatic carbocycles. The molecule has 1 amide bonds. The second-order valence-electron chi connectivity index (χ2n) is 4.30. The topological polar surface area (TPSA) is 66.4 Å². The summed E-state index contributed by atoms with van der Waals surface area (Å²) in [6, 6.07) is 7.19. The van der Waals surface area contributed by atoms with E-state index in [9.17, 15) is 9.59 Å². The number of hydrogen-bond donors (Lipinski definition) is 2. The van der Waals surface area contributed by atoms with Crippen molar-refractivity contribution in [3.05, 3.63) is 40.9 Å². The summed E-state index contributed by atoms with van der Waals surface area (Å²) in [6.45, 7) is 2.10. The first-order valence-electron chi connectivity index (χ1n) is 5.91. The average molecular weight is 282 g/mol. The molecule has 5 heteroatoms. The molecule has 0 aliphatic carbocycles. The van der Waals surface area contributed by atoms with Gasteiger partial charge in [0.15, 0.2) is 0 Å². The monoisotopic (exact) mass is 281 g/mol. The maximum absolute atomic E-state index is 11.5. The van der Waals surface area contributed by atoms with Gasteiger partial charge in [0.2, 0.25) is 5.91 Å². The van der Waals surface area contributed by atoms with Gasteiger partial charge in [-0.2, -0.15) is 0 Å². The summed E-state index contributed by atoms with van der Waals surface area (Å²) in [4.78, 5) is 22.0. The summed E-state index contributed by atoms with van der Waals surface area (Å²) < 4.78 is 0. The Morgan fingerprint density at radius 2 is 2.11 bits per heavy atom. The highest BCUT2D eigenvalue weighted by molar-refractivity contribution is 6.32. The van der Waals surface area contributed by atoms with Crippen molar-refractivity contribution in [1.82, 2.24) is 5.32 Å². The third-order valence-electron chi connectivity index (χ3n) is 2.47. The first-order chi connectivity index (χ1) is 8.99. The van der Waals surface area contributed by atoms with Gasteiger partial charge in [0, 0.05) is 24.1 Å². The summed E-state index contributed by atoms with van der Waals surface area (Å²) in [5.41, 5.74) is 0.762. The van der Waals surface area contributed by atoms with Crippen molar-refractivity contribution < 1.29 is 14.7 Å². The molecule has 19 heavy (non-hydrogen) atoms. The first-order valence-corrected chi connectivity index (χ1v) is 6.29. The van der Waals surface area contributed by atoms with E-state index in [4.69, 9.17) is 16.7 Å². The lowest BCUT2D eigenvalue weighted by Gasteiger charge is -2.08. The Labute approximate surface area is 117 Å². The van der Waals surface area contributed by atoms with Gasteiger partial charge in [0.05, 0.1) is 0 Å². The first kappa shape index (κ1) is 15.2. The van der Waals surface area contributed by atoms with Gasteiger partial charge in [-0.05, 0) is 23.6 Å². The fourth-order valence-electron chi connectivity index (χ4n) is 1.48. The molecule has 0 bridgehead atoms.